The molecular formula is C11H8ClN3O3S. The molecule has 8 heteroatoms. The summed E-state index contributed by atoms with van der Waals surface area (Å²) in [4.78, 5) is 37.2. The largest absolute Gasteiger partial charge is 0.339 e. The maximum Gasteiger partial charge on any atom is 0.339 e. The van der Waals surface area contributed by atoms with Crippen molar-refractivity contribution in [1.82, 2.24) is 14.8 Å². The molecule has 0 bridgehead atoms. The number of H-pyrrole nitrogens is 1. The Labute approximate surface area is 116 Å². The number of aldehydes is 1. The van der Waals surface area contributed by atoms with Crippen LogP contribution in [0.2, 0.25) is 5.02 Å². The number of nitrogens with one attached hydrogen (secondary N) is 1. The number of halogens is 1. The van der Waals surface area contributed by atoms with Crippen molar-refractivity contribution in [1.29, 1.82) is 0 Å². The minimum atomic E-state index is -0.860. The summed E-state index contributed by atoms with van der Waals surface area (Å²) in [6, 6.07) is 4.76. The maximum absolute atomic E-state index is 11.2. The molecule has 0 fully saturated rings. The van der Waals surface area contributed by atoms with Gasteiger partial charge in [-0.25, -0.2) is 0 Å². The Morgan fingerprint density at radius 3 is 2.79 bits per heavy atom. The molecule has 0 unspecified atom stereocenters. The van der Waals surface area contributed by atoms with Crippen molar-refractivity contribution >= 4 is 29.6 Å². The number of aromatic nitrogens is 3. The molecule has 6 nitrogen and oxygen atoms in total. The Morgan fingerprint density at radius 1 is 1.42 bits per heavy atom. The smallest absolute Gasteiger partial charge is 0.298 e. The second kappa shape index (κ2) is 5.41. The van der Waals surface area contributed by atoms with Gasteiger partial charge in [0.15, 0.2) is 5.16 Å². The van der Waals surface area contributed by atoms with Gasteiger partial charge in [0, 0.05) is 17.5 Å². The lowest BCUT2D eigenvalue weighted by molar-refractivity contribution is 0.112. The minimum Gasteiger partial charge on any atom is -0.298 e. The number of benzene rings is 1. The number of rotatable bonds is 3. The van der Waals surface area contributed by atoms with E-state index >= 15 is 0 Å². The standard InChI is InChI=1S/C11H8ClN3O3S/c1-15-11(13-9(17)10(18)14-15)19-8-3-2-6(5-16)4-7(8)12/h2-5H,1H3,(H,14,18). The molecule has 2 rings (SSSR count). The zero-order valence-electron chi connectivity index (χ0n) is 9.71. The number of aryl methyl sites for hydroxylation is 1. The highest BCUT2D eigenvalue weighted by atomic mass is 35.5. The first-order valence-corrected chi connectivity index (χ1v) is 6.30. The molecule has 0 aliphatic rings. The molecule has 19 heavy (non-hydrogen) atoms. The molecule has 0 spiro atoms. The van der Waals surface area contributed by atoms with Crippen LogP contribution in [0.25, 0.3) is 0 Å². The van der Waals surface area contributed by atoms with Gasteiger partial charge in [-0.2, -0.15) is 4.98 Å². The first-order chi connectivity index (χ1) is 9.01. The Hall–Kier alpha value is -1.86. The maximum atomic E-state index is 11.2. The monoisotopic (exact) mass is 297 g/mol. The van der Waals surface area contributed by atoms with Crippen molar-refractivity contribution < 1.29 is 4.79 Å². The molecule has 0 radical (unpaired) electrons. The van der Waals surface area contributed by atoms with Crippen LogP contribution in [-0.4, -0.2) is 21.1 Å². The molecule has 1 N–H and O–H groups in total. The van der Waals surface area contributed by atoms with Gasteiger partial charge in [0.05, 0.1) is 5.02 Å². The highest BCUT2D eigenvalue weighted by Crippen LogP contribution is 2.31. The highest BCUT2D eigenvalue weighted by molar-refractivity contribution is 7.99. The fourth-order valence-corrected chi connectivity index (χ4v) is 2.43. The molecule has 0 aliphatic heterocycles. The van der Waals surface area contributed by atoms with Crippen LogP contribution in [-0.2, 0) is 7.05 Å². The lowest BCUT2D eigenvalue weighted by atomic mass is 10.2. The Balaban J connectivity index is 2.41. The number of carbonyl (C=O) groups is 1. The third-order valence-corrected chi connectivity index (χ3v) is 3.79. The predicted molar refractivity (Wildman–Crippen MR) is 71.1 cm³/mol. The van der Waals surface area contributed by atoms with Gasteiger partial charge in [-0.05, 0) is 23.9 Å². The van der Waals surface area contributed by atoms with E-state index in [0.29, 0.717) is 26.9 Å². The van der Waals surface area contributed by atoms with Crippen LogP contribution in [0, 0.1) is 0 Å². The first kappa shape index (κ1) is 13.6. The van der Waals surface area contributed by atoms with Crippen molar-refractivity contribution in [3.05, 3.63) is 49.5 Å². The summed E-state index contributed by atoms with van der Waals surface area (Å²) in [6.45, 7) is 0. The summed E-state index contributed by atoms with van der Waals surface area (Å²) in [7, 11) is 1.56. The van der Waals surface area contributed by atoms with E-state index in [1.54, 1.807) is 19.2 Å². The number of hydrogen-bond acceptors (Lipinski definition) is 5. The average molecular weight is 298 g/mol. The summed E-state index contributed by atoms with van der Waals surface area (Å²) in [6.07, 6.45) is 0.689. The van der Waals surface area contributed by atoms with Crippen LogP contribution in [0.4, 0.5) is 0 Å². The van der Waals surface area contributed by atoms with Gasteiger partial charge in [0.25, 0.3) is 0 Å². The molecule has 0 aliphatic carbocycles. The van der Waals surface area contributed by atoms with Crippen molar-refractivity contribution in [3.8, 4) is 0 Å². The predicted octanol–water partition coefficient (Wildman–Crippen LogP) is 1.09. The molecule has 1 aromatic carbocycles. The van der Waals surface area contributed by atoms with Crippen molar-refractivity contribution in [3.63, 3.8) is 0 Å². The summed E-state index contributed by atoms with van der Waals surface area (Å²) in [5, 5.41) is 3.00. The van der Waals surface area contributed by atoms with E-state index in [-0.39, 0.29) is 0 Å². The Morgan fingerprint density at radius 2 is 2.16 bits per heavy atom. The highest BCUT2D eigenvalue weighted by Gasteiger charge is 2.09. The van der Waals surface area contributed by atoms with Gasteiger partial charge in [0.2, 0.25) is 0 Å². The third-order valence-electron chi connectivity index (χ3n) is 2.24. The second-order valence-corrected chi connectivity index (χ2v) is 5.03. The van der Waals surface area contributed by atoms with Gasteiger partial charge in [-0.3, -0.25) is 24.2 Å². The quantitative estimate of drug-likeness (QED) is 0.677. The van der Waals surface area contributed by atoms with E-state index in [4.69, 9.17) is 11.6 Å². The molecule has 0 saturated carbocycles. The van der Waals surface area contributed by atoms with E-state index < -0.39 is 11.1 Å². The van der Waals surface area contributed by atoms with Crippen molar-refractivity contribution in [2.45, 2.75) is 10.1 Å². The molecule has 1 aromatic heterocycles. The van der Waals surface area contributed by atoms with Gasteiger partial charge < -0.3 is 0 Å². The zero-order chi connectivity index (χ0) is 14.0. The molecule has 0 atom stereocenters. The van der Waals surface area contributed by atoms with Gasteiger partial charge in [-0.1, -0.05) is 17.7 Å². The third kappa shape index (κ3) is 2.94. The summed E-state index contributed by atoms with van der Waals surface area (Å²) in [5.74, 6) is 0. The van der Waals surface area contributed by atoms with Crippen LogP contribution in [0.1, 0.15) is 10.4 Å². The average Bonchev–Trinajstić information content (AvgIpc) is 2.38. The van der Waals surface area contributed by atoms with Crippen LogP contribution in [0.15, 0.2) is 37.8 Å². The Bertz CT molecular complexity index is 754. The van der Waals surface area contributed by atoms with E-state index in [1.165, 1.54) is 10.7 Å². The number of carbonyl (C=O) groups excluding carboxylic acids is 1. The van der Waals surface area contributed by atoms with Crippen LogP contribution in [0.5, 0.6) is 0 Å². The number of nitrogens with zero attached hydrogens (tertiary/aromatic N) is 2. The minimum absolute atomic E-state index is 0.297. The number of hydrogen-bond donors (Lipinski definition) is 1. The normalized spacial score (nSPS) is 10.4. The first-order valence-electron chi connectivity index (χ1n) is 5.11. The van der Waals surface area contributed by atoms with E-state index in [2.05, 4.69) is 10.1 Å². The molecule has 0 saturated heterocycles. The fourth-order valence-electron chi connectivity index (χ4n) is 1.32. The second-order valence-electron chi connectivity index (χ2n) is 3.61. The molecule has 1 heterocycles. The lowest BCUT2D eigenvalue weighted by Crippen LogP contribution is -2.33. The molecule has 0 amide bonds. The summed E-state index contributed by atoms with van der Waals surface area (Å²) < 4.78 is 1.33. The topological polar surface area (TPSA) is 84.8 Å². The SMILES string of the molecule is Cn1[nH]c(=O)c(=O)nc1Sc1ccc(C=O)cc1Cl. The van der Waals surface area contributed by atoms with Crippen molar-refractivity contribution in [2.24, 2.45) is 7.05 Å². The van der Waals surface area contributed by atoms with E-state index in [0.717, 1.165) is 11.8 Å². The van der Waals surface area contributed by atoms with Crippen LogP contribution >= 0.6 is 23.4 Å². The van der Waals surface area contributed by atoms with Gasteiger partial charge >= 0.3 is 11.1 Å². The Kier molecular flexibility index (Phi) is 3.87. The van der Waals surface area contributed by atoms with E-state index in [9.17, 15) is 14.4 Å². The summed E-state index contributed by atoms with van der Waals surface area (Å²) >= 11 is 7.13. The molecular weight excluding hydrogens is 290 g/mol. The zero-order valence-corrected chi connectivity index (χ0v) is 11.3. The van der Waals surface area contributed by atoms with Gasteiger partial charge in [-0.15, -0.1) is 0 Å². The van der Waals surface area contributed by atoms with Crippen LogP contribution in [0.3, 0.4) is 0 Å². The van der Waals surface area contributed by atoms with E-state index in [1.807, 2.05) is 0 Å². The summed E-state index contributed by atoms with van der Waals surface area (Å²) in [5.41, 5.74) is -1.19. The lowest BCUT2D eigenvalue weighted by Gasteiger charge is -2.07. The molecule has 2 aromatic rings. The van der Waals surface area contributed by atoms with Gasteiger partial charge in [0.1, 0.15) is 6.29 Å². The molecule has 98 valence electrons. The van der Waals surface area contributed by atoms with Crippen molar-refractivity contribution in [2.75, 3.05) is 0 Å². The number of aromatic amines is 1. The van der Waals surface area contributed by atoms with Crippen LogP contribution < -0.4 is 11.1 Å². The fraction of sp³-hybridized carbons (Fsp3) is 0.0909.